The summed E-state index contributed by atoms with van der Waals surface area (Å²) in [5.74, 6) is -0.284. The maximum absolute atomic E-state index is 14.3. The number of nitrogens with zero attached hydrogens (tertiary/aromatic N) is 1. The Bertz CT molecular complexity index is 639. The van der Waals surface area contributed by atoms with Gasteiger partial charge in [0.2, 0.25) is 0 Å². The van der Waals surface area contributed by atoms with Crippen LogP contribution in [0.5, 0.6) is 0 Å². The monoisotopic (exact) mass is 337 g/mol. The minimum Gasteiger partial charge on any atom is -0.431 e. The molecule has 0 radical (unpaired) electrons. The van der Waals surface area contributed by atoms with Crippen LogP contribution in [-0.4, -0.2) is 36.3 Å². The number of nitrogens with one attached hydrogen (secondary N) is 1. The molecule has 132 valence electrons. The lowest BCUT2D eigenvalue weighted by Gasteiger charge is -2.24. The lowest BCUT2D eigenvalue weighted by atomic mass is 9.88. The second kappa shape index (κ2) is 6.79. The van der Waals surface area contributed by atoms with E-state index in [1.807, 2.05) is 6.92 Å². The van der Waals surface area contributed by atoms with E-state index >= 15 is 0 Å². The summed E-state index contributed by atoms with van der Waals surface area (Å²) >= 11 is 0. The van der Waals surface area contributed by atoms with E-state index in [4.69, 9.17) is 9.47 Å². The molecule has 0 aliphatic carbocycles. The molecule has 1 N–H and O–H groups in total. The Kier molecular flexibility index (Phi) is 5.16. The number of rotatable bonds is 1. The summed E-state index contributed by atoms with van der Waals surface area (Å²) in [6.45, 7) is 7.75. The van der Waals surface area contributed by atoms with E-state index in [0.717, 1.165) is 6.42 Å². The molecule has 1 aliphatic rings. The summed E-state index contributed by atoms with van der Waals surface area (Å²) in [4.78, 5) is 16.8. The molecule has 1 amide bonds. The first kappa shape index (κ1) is 18.2. The van der Waals surface area contributed by atoms with E-state index in [2.05, 4.69) is 4.99 Å². The third-order valence-corrected chi connectivity index (χ3v) is 3.88. The Balaban J connectivity index is 2.33. The van der Waals surface area contributed by atoms with Gasteiger partial charge in [-0.3, -0.25) is 0 Å². The minimum absolute atomic E-state index is 0.271. The molecule has 1 aromatic carbocycles. The van der Waals surface area contributed by atoms with E-state index in [1.165, 1.54) is 11.0 Å². The maximum atomic E-state index is 14.3. The van der Waals surface area contributed by atoms with Crippen molar-refractivity contribution in [2.24, 2.45) is 0 Å². The van der Waals surface area contributed by atoms with Crippen molar-refractivity contribution in [1.29, 1.82) is 0 Å². The molecule has 5 nitrogen and oxygen atoms in total. The molecule has 1 aliphatic heterocycles. The second-order valence-corrected chi connectivity index (χ2v) is 7.23. The average Bonchev–Trinajstić information content (AvgIpc) is 2.68. The predicted octanol–water partition coefficient (Wildman–Crippen LogP) is 2.15. The number of hydrogen-bond acceptors (Lipinski definition) is 3. The van der Waals surface area contributed by atoms with Gasteiger partial charge in [0.1, 0.15) is 17.0 Å². The van der Waals surface area contributed by atoms with E-state index < -0.39 is 17.2 Å². The van der Waals surface area contributed by atoms with Gasteiger partial charge in [-0.15, -0.1) is 4.90 Å². The Morgan fingerprint density at radius 3 is 2.67 bits per heavy atom. The first-order chi connectivity index (χ1) is 11.1. The highest BCUT2D eigenvalue weighted by Gasteiger charge is 2.39. The Morgan fingerprint density at radius 1 is 1.38 bits per heavy atom. The minimum atomic E-state index is -0.673. The van der Waals surface area contributed by atoms with Crippen molar-refractivity contribution in [2.45, 2.75) is 51.7 Å². The van der Waals surface area contributed by atoms with Gasteiger partial charge >= 0.3 is 12.1 Å². The maximum Gasteiger partial charge on any atom is 0.510 e. The zero-order valence-corrected chi connectivity index (χ0v) is 15.0. The molecule has 0 saturated heterocycles. The lowest BCUT2D eigenvalue weighted by molar-refractivity contribution is -0.570. The Labute approximate surface area is 142 Å². The zero-order valence-electron chi connectivity index (χ0n) is 15.0. The van der Waals surface area contributed by atoms with Crippen LogP contribution in [0.4, 0.5) is 9.18 Å². The highest BCUT2D eigenvalue weighted by molar-refractivity contribution is 5.87. The van der Waals surface area contributed by atoms with Gasteiger partial charge < -0.3 is 9.47 Å². The fraction of sp³-hybridized carbons (Fsp3) is 0.556. The first-order valence-corrected chi connectivity index (χ1v) is 8.12. The Hall–Kier alpha value is -2.11. The summed E-state index contributed by atoms with van der Waals surface area (Å²) in [6.07, 6.45) is 0.895. The van der Waals surface area contributed by atoms with Crippen molar-refractivity contribution in [2.75, 3.05) is 13.7 Å². The average molecular weight is 337 g/mol. The summed E-state index contributed by atoms with van der Waals surface area (Å²) in [7, 11) is 1.57. The van der Waals surface area contributed by atoms with Crippen LogP contribution < -0.4 is 4.99 Å². The van der Waals surface area contributed by atoms with Gasteiger partial charge in [-0.05, 0) is 46.6 Å². The van der Waals surface area contributed by atoms with E-state index in [1.54, 1.807) is 46.0 Å². The molecule has 1 aromatic rings. The van der Waals surface area contributed by atoms with Crippen LogP contribution in [0.2, 0.25) is 0 Å². The van der Waals surface area contributed by atoms with Gasteiger partial charge in [-0.1, -0.05) is 18.2 Å². The summed E-state index contributed by atoms with van der Waals surface area (Å²) in [5, 5.41) is 0. The fourth-order valence-electron chi connectivity index (χ4n) is 2.63. The van der Waals surface area contributed by atoms with Gasteiger partial charge in [0.25, 0.3) is 0 Å². The molecule has 0 unspecified atom stereocenters. The molecular formula is C18H26FN2O3+. The van der Waals surface area contributed by atoms with Gasteiger partial charge in [0, 0.05) is 5.56 Å². The first-order valence-electron chi connectivity index (χ1n) is 8.12. The summed E-state index contributed by atoms with van der Waals surface area (Å²) in [6, 6.07) is 6.91. The van der Waals surface area contributed by atoms with E-state index in [9.17, 15) is 9.18 Å². The highest BCUT2D eigenvalue weighted by atomic mass is 19.1. The van der Waals surface area contributed by atoms with Crippen molar-refractivity contribution < 1.29 is 23.7 Å². The van der Waals surface area contributed by atoms with Crippen LogP contribution in [-0.2, 0) is 15.0 Å². The number of amides is 1. The largest absolute Gasteiger partial charge is 0.510 e. The molecule has 0 bridgehead atoms. The zero-order chi connectivity index (χ0) is 18.0. The molecular weight excluding hydrogens is 311 g/mol. The number of amidine groups is 1. The van der Waals surface area contributed by atoms with Gasteiger partial charge in [0.15, 0.2) is 0 Å². The van der Waals surface area contributed by atoms with Crippen molar-refractivity contribution in [3.8, 4) is 0 Å². The SMILES string of the molecule is CN(C(=O)OC(C)(C)C)C1=[NH+][C@](C)(c2ccccc2F)CCCO1. The normalized spacial score (nSPS) is 21.3. The molecule has 0 aromatic heterocycles. The number of hydrogen-bond donors (Lipinski definition) is 1. The van der Waals surface area contributed by atoms with Gasteiger partial charge in [-0.2, -0.15) is 4.79 Å². The molecule has 1 atom stereocenters. The quantitative estimate of drug-likeness (QED) is 0.854. The Morgan fingerprint density at radius 2 is 2.04 bits per heavy atom. The number of carbonyl (C=O) groups excluding carboxylic acids is 1. The van der Waals surface area contributed by atoms with Crippen molar-refractivity contribution in [3.05, 3.63) is 35.6 Å². The number of benzene rings is 1. The van der Waals surface area contributed by atoms with E-state index in [-0.39, 0.29) is 11.8 Å². The summed E-state index contributed by atoms with van der Waals surface area (Å²) < 4.78 is 25.3. The molecule has 0 saturated carbocycles. The van der Waals surface area contributed by atoms with Crippen molar-refractivity contribution in [3.63, 3.8) is 0 Å². The van der Waals surface area contributed by atoms with Crippen LogP contribution >= 0.6 is 0 Å². The van der Waals surface area contributed by atoms with Gasteiger partial charge in [-0.25, -0.2) is 9.38 Å². The van der Waals surface area contributed by atoms with Crippen molar-refractivity contribution >= 4 is 12.1 Å². The fourth-order valence-corrected chi connectivity index (χ4v) is 2.63. The predicted molar refractivity (Wildman–Crippen MR) is 88.9 cm³/mol. The molecule has 1 heterocycles. The smallest absolute Gasteiger partial charge is 0.431 e. The molecule has 24 heavy (non-hydrogen) atoms. The van der Waals surface area contributed by atoms with Crippen LogP contribution in [0, 0.1) is 5.82 Å². The van der Waals surface area contributed by atoms with Crippen LogP contribution in [0.25, 0.3) is 0 Å². The molecule has 2 rings (SSSR count). The highest BCUT2D eigenvalue weighted by Crippen LogP contribution is 2.25. The van der Waals surface area contributed by atoms with Crippen LogP contribution in [0.1, 0.15) is 46.1 Å². The lowest BCUT2D eigenvalue weighted by Crippen LogP contribution is -2.86. The number of ether oxygens (including phenoxy) is 2. The summed E-state index contributed by atoms with van der Waals surface area (Å²) in [5.41, 5.74) is -0.732. The van der Waals surface area contributed by atoms with Crippen molar-refractivity contribution in [1.82, 2.24) is 4.90 Å². The third-order valence-electron chi connectivity index (χ3n) is 3.88. The van der Waals surface area contributed by atoms with Crippen LogP contribution in [0.3, 0.4) is 0 Å². The topological polar surface area (TPSA) is 52.7 Å². The molecule has 0 spiro atoms. The molecule has 6 heteroatoms. The second-order valence-electron chi connectivity index (χ2n) is 7.23. The van der Waals surface area contributed by atoms with Gasteiger partial charge in [0.05, 0.1) is 13.7 Å². The van der Waals surface area contributed by atoms with E-state index in [0.29, 0.717) is 18.6 Å². The number of carbonyl (C=O) groups is 1. The molecule has 0 fully saturated rings. The van der Waals surface area contributed by atoms with Crippen LogP contribution in [0.15, 0.2) is 24.3 Å². The number of halogens is 1. The standard InChI is InChI=1S/C18H25FN2O3/c1-17(2,3)24-16(22)21(5)15-20-18(4,11-8-12-23-15)13-9-6-7-10-14(13)19/h6-7,9-10H,8,11-12H2,1-5H3/p+1/t18-/m0/s1. The third kappa shape index (κ3) is 4.24.